The lowest BCUT2D eigenvalue weighted by atomic mass is 10.1. The summed E-state index contributed by atoms with van der Waals surface area (Å²) in [5, 5.41) is 12.2. The van der Waals surface area contributed by atoms with Gasteiger partial charge in [-0.1, -0.05) is 54.2 Å². The van der Waals surface area contributed by atoms with E-state index in [9.17, 15) is 4.79 Å². The molecule has 0 spiro atoms. The van der Waals surface area contributed by atoms with Crippen LogP contribution in [0.3, 0.4) is 0 Å². The average molecular weight is 399 g/mol. The van der Waals surface area contributed by atoms with E-state index in [1.54, 1.807) is 11.8 Å². The van der Waals surface area contributed by atoms with Gasteiger partial charge in [-0.3, -0.25) is 4.79 Å². The predicted molar refractivity (Wildman–Crippen MR) is 112 cm³/mol. The van der Waals surface area contributed by atoms with E-state index in [0.717, 1.165) is 27.9 Å². The molecule has 0 radical (unpaired) electrons. The molecule has 3 rings (SSSR count). The molecule has 1 N–H and O–H groups in total. The number of rotatable bonds is 8. The van der Waals surface area contributed by atoms with Gasteiger partial charge in [0.25, 0.3) is 0 Å². The molecule has 0 unspecified atom stereocenters. The Hall–Kier alpha value is -2.25. The van der Waals surface area contributed by atoms with Gasteiger partial charge in [0.05, 0.1) is 5.75 Å². The van der Waals surface area contributed by atoms with Crippen LogP contribution in [0.15, 0.2) is 64.6 Å². The van der Waals surface area contributed by atoms with Gasteiger partial charge in [0, 0.05) is 29.8 Å². The zero-order chi connectivity index (χ0) is 19.1. The molecule has 0 fully saturated rings. The number of amides is 1. The quantitative estimate of drug-likeness (QED) is 0.462. The van der Waals surface area contributed by atoms with E-state index in [1.165, 1.54) is 16.7 Å². The monoisotopic (exact) mass is 398 g/mol. The van der Waals surface area contributed by atoms with E-state index in [1.807, 2.05) is 48.0 Å². The van der Waals surface area contributed by atoms with Crippen LogP contribution in [-0.2, 0) is 11.8 Å². The highest BCUT2D eigenvalue weighted by Gasteiger charge is 2.14. The molecule has 1 amide bonds. The summed E-state index contributed by atoms with van der Waals surface area (Å²) >= 11 is 3.14. The second-order valence-corrected chi connectivity index (χ2v) is 8.09. The lowest BCUT2D eigenvalue weighted by Crippen LogP contribution is -2.27. The number of nitrogens with zero attached hydrogens (tertiary/aromatic N) is 3. The first-order valence-corrected chi connectivity index (χ1v) is 10.6. The second kappa shape index (κ2) is 9.62. The van der Waals surface area contributed by atoms with Gasteiger partial charge in [-0.25, -0.2) is 0 Å². The molecule has 0 bridgehead atoms. The highest BCUT2D eigenvalue weighted by molar-refractivity contribution is 7.99. The highest BCUT2D eigenvalue weighted by atomic mass is 32.2. The molecule has 3 aromatic rings. The van der Waals surface area contributed by atoms with Crippen LogP contribution in [0, 0.1) is 6.92 Å². The van der Waals surface area contributed by atoms with Crippen molar-refractivity contribution in [1.29, 1.82) is 0 Å². The minimum atomic E-state index is 0.00843. The van der Waals surface area contributed by atoms with Gasteiger partial charge < -0.3 is 9.88 Å². The second-order valence-electron chi connectivity index (χ2n) is 5.98. The van der Waals surface area contributed by atoms with Gasteiger partial charge in [-0.05, 0) is 24.6 Å². The SMILES string of the molecule is Cc1ccccc1-c1nnc(SCC(=O)NCCSc2ccccc2)n1C. The lowest BCUT2D eigenvalue weighted by Gasteiger charge is -2.07. The Bertz CT molecular complexity index is 896. The third-order valence-electron chi connectivity index (χ3n) is 3.99. The fourth-order valence-corrected chi connectivity index (χ4v) is 4.09. The maximum absolute atomic E-state index is 12.1. The number of carbonyl (C=O) groups is 1. The Labute approximate surface area is 168 Å². The Morgan fingerprint density at radius 2 is 1.78 bits per heavy atom. The number of aromatic nitrogens is 3. The fourth-order valence-electron chi connectivity index (χ4n) is 2.56. The van der Waals surface area contributed by atoms with Crippen LogP contribution in [0.25, 0.3) is 11.4 Å². The maximum Gasteiger partial charge on any atom is 0.230 e. The van der Waals surface area contributed by atoms with E-state index in [2.05, 4.69) is 40.6 Å². The van der Waals surface area contributed by atoms with Crippen molar-refractivity contribution in [2.24, 2.45) is 7.05 Å². The van der Waals surface area contributed by atoms with E-state index in [4.69, 9.17) is 0 Å². The van der Waals surface area contributed by atoms with E-state index in [-0.39, 0.29) is 5.91 Å². The summed E-state index contributed by atoms with van der Waals surface area (Å²) in [5.74, 6) is 2.00. The third-order valence-corrected chi connectivity index (χ3v) is 6.02. The van der Waals surface area contributed by atoms with E-state index < -0.39 is 0 Å². The van der Waals surface area contributed by atoms with Crippen LogP contribution in [0.5, 0.6) is 0 Å². The van der Waals surface area contributed by atoms with Gasteiger partial charge in [-0.2, -0.15) is 0 Å². The minimum Gasteiger partial charge on any atom is -0.355 e. The molecule has 0 saturated carbocycles. The summed E-state index contributed by atoms with van der Waals surface area (Å²) < 4.78 is 1.94. The smallest absolute Gasteiger partial charge is 0.230 e. The van der Waals surface area contributed by atoms with Gasteiger partial charge in [-0.15, -0.1) is 22.0 Å². The molecule has 27 heavy (non-hydrogen) atoms. The van der Waals surface area contributed by atoms with Crippen molar-refractivity contribution >= 4 is 29.4 Å². The molecule has 0 aliphatic rings. The first-order chi connectivity index (χ1) is 13.1. The van der Waals surface area contributed by atoms with Crippen molar-refractivity contribution in [2.45, 2.75) is 17.0 Å². The summed E-state index contributed by atoms with van der Waals surface area (Å²) in [6, 6.07) is 18.3. The number of carbonyl (C=O) groups excluding carboxylic acids is 1. The Morgan fingerprint density at radius 1 is 1.04 bits per heavy atom. The normalized spacial score (nSPS) is 10.7. The zero-order valence-corrected chi connectivity index (χ0v) is 17.0. The molecule has 2 aromatic carbocycles. The summed E-state index contributed by atoms with van der Waals surface area (Å²) in [6.45, 7) is 2.70. The Balaban J connectivity index is 1.46. The minimum absolute atomic E-state index is 0.00843. The molecule has 0 atom stereocenters. The number of hydrogen-bond donors (Lipinski definition) is 1. The summed E-state index contributed by atoms with van der Waals surface area (Å²) in [4.78, 5) is 13.3. The molecule has 7 heteroatoms. The number of hydrogen-bond acceptors (Lipinski definition) is 5. The number of aryl methyl sites for hydroxylation is 1. The third kappa shape index (κ3) is 5.37. The lowest BCUT2D eigenvalue weighted by molar-refractivity contribution is -0.118. The molecule has 0 aliphatic heterocycles. The van der Waals surface area contributed by atoms with Crippen LogP contribution < -0.4 is 5.32 Å². The van der Waals surface area contributed by atoms with E-state index in [0.29, 0.717) is 12.3 Å². The summed E-state index contributed by atoms with van der Waals surface area (Å²) in [6.07, 6.45) is 0. The largest absolute Gasteiger partial charge is 0.355 e. The maximum atomic E-state index is 12.1. The molecule has 1 heterocycles. The zero-order valence-electron chi connectivity index (χ0n) is 15.4. The van der Waals surface area contributed by atoms with Gasteiger partial charge >= 0.3 is 0 Å². The van der Waals surface area contributed by atoms with Gasteiger partial charge in [0.15, 0.2) is 11.0 Å². The fraction of sp³-hybridized carbons (Fsp3) is 0.250. The molecule has 0 saturated heterocycles. The van der Waals surface area contributed by atoms with Crippen LogP contribution >= 0.6 is 23.5 Å². The van der Waals surface area contributed by atoms with Gasteiger partial charge in [0.1, 0.15) is 0 Å². The van der Waals surface area contributed by atoms with Crippen molar-refractivity contribution in [3.8, 4) is 11.4 Å². The average Bonchev–Trinajstić information content (AvgIpc) is 3.05. The molecular weight excluding hydrogens is 376 g/mol. The first kappa shape index (κ1) is 19.5. The van der Waals surface area contributed by atoms with Crippen molar-refractivity contribution in [2.75, 3.05) is 18.1 Å². The van der Waals surface area contributed by atoms with Crippen LogP contribution in [0.1, 0.15) is 5.56 Å². The summed E-state index contributed by atoms with van der Waals surface area (Å²) in [5.41, 5.74) is 2.21. The number of benzene rings is 2. The van der Waals surface area contributed by atoms with E-state index >= 15 is 0 Å². The standard InChI is InChI=1S/C20H22N4OS2/c1-15-8-6-7-11-17(15)19-22-23-20(24(19)2)27-14-18(25)21-12-13-26-16-9-4-3-5-10-16/h3-11H,12-14H2,1-2H3,(H,21,25). The topological polar surface area (TPSA) is 59.8 Å². The van der Waals surface area contributed by atoms with Crippen LogP contribution in [0.2, 0.25) is 0 Å². The van der Waals surface area contributed by atoms with Crippen LogP contribution in [0.4, 0.5) is 0 Å². The summed E-state index contributed by atoms with van der Waals surface area (Å²) in [7, 11) is 1.93. The highest BCUT2D eigenvalue weighted by Crippen LogP contribution is 2.24. The van der Waals surface area contributed by atoms with Crippen molar-refractivity contribution < 1.29 is 4.79 Å². The number of nitrogens with one attached hydrogen (secondary N) is 1. The first-order valence-electron chi connectivity index (χ1n) is 8.68. The Kier molecular flexibility index (Phi) is 6.95. The van der Waals surface area contributed by atoms with Gasteiger partial charge in [0.2, 0.25) is 5.91 Å². The Morgan fingerprint density at radius 3 is 2.56 bits per heavy atom. The van der Waals surface area contributed by atoms with Crippen molar-refractivity contribution in [3.63, 3.8) is 0 Å². The molecule has 5 nitrogen and oxygen atoms in total. The van der Waals surface area contributed by atoms with Crippen LogP contribution in [-0.4, -0.2) is 38.7 Å². The molecule has 140 valence electrons. The molecule has 0 aliphatic carbocycles. The molecule has 1 aromatic heterocycles. The van der Waals surface area contributed by atoms with Crippen molar-refractivity contribution in [3.05, 3.63) is 60.2 Å². The van der Waals surface area contributed by atoms with Crippen molar-refractivity contribution in [1.82, 2.24) is 20.1 Å². The molecular formula is C20H22N4OS2. The number of thioether (sulfide) groups is 2. The predicted octanol–water partition coefficient (Wildman–Crippen LogP) is 3.79.